The number of rotatable bonds is 3. The van der Waals surface area contributed by atoms with E-state index in [0.29, 0.717) is 11.4 Å². The van der Waals surface area contributed by atoms with Gasteiger partial charge in [-0.3, -0.25) is 4.68 Å². The van der Waals surface area contributed by atoms with Crippen LogP contribution < -0.4 is 0 Å². The molecule has 2 rings (SSSR count). The highest BCUT2D eigenvalue weighted by Gasteiger charge is 2.14. The minimum absolute atomic E-state index is 0.125. The van der Waals surface area contributed by atoms with Crippen LogP contribution in [0.25, 0.3) is 10.9 Å². The highest BCUT2D eigenvalue weighted by Crippen LogP contribution is 2.27. The second-order valence-corrected chi connectivity index (χ2v) is 4.50. The summed E-state index contributed by atoms with van der Waals surface area (Å²) in [6.07, 6.45) is 0.606. The maximum atomic E-state index is 9.10. The molecule has 0 atom stereocenters. The van der Waals surface area contributed by atoms with Gasteiger partial charge < -0.3 is 5.11 Å². The van der Waals surface area contributed by atoms with E-state index in [1.807, 2.05) is 22.9 Å². The van der Waals surface area contributed by atoms with Crippen LogP contribution in [-0.2, 0) is 6.42 Å². The highest BCUT2D eigenvalue weighted by atomic mass is 35.5. The first-order chi connectivity index (χ1) is 7.65. The second-order valence-electron chi connectivity index (χ2n) is 4.09. The average Bonchev–Trinajstić information content (AvgIpc) is 2.60. The Hall–Kier alpha value is -1.06. The van der Waals surface area contributed by atoms with Crippen molar-refractivity contribution < 1.29 is 5.11 Å². The lowest BCUT2D eigenvalue weighted by atomic mass is 10.1. The van der Waals surface area contributed by atoms with E-state index < -0.39 is 0 Å². The Morgan fingerprint density at radius 1 is 1.44 bits per heavy atom. The van der Waals surface area contributed by atoms with Gasteiger partial charge in [0.1, 0.15) is 5.52 Å². The average molecular weight is 239 g/mol. The molecule has 86 valence electrons. The van der Waals surface area contributed by atoms with Gasteiger partial charge in [-0.2, -0.15) is 5.10 Å². The molecule has 0 aliphatic carbocycles. The number of halogens is 1. The van der Waals surface area contributed by atoms with Crippen LogP contribution in [0.15, 0.2) is 18.2 Å². The van der Waals surface area contributed by atoms with Gasteiger partial charge in [-0.05, 0) is 19.9 Å². The van der Waals surface area contributed by atoms with Crippen molar-refractivity contribution >= 4 is 22.5 Å². The number of nitrogens with zero attached hydrogens (tertiary/aromatic N) is 2. The molecule has 2 aromatic rings. The van der Waals surface area contributed by atoms with Gasteiger partial charge in [-0.15, -0.1) is 0 Å². The molecule has 1 aromatic carbocycles. The fraction of sp³-hybridized carbons (Fsp3) is 0.417. The van der Waals surface area contributed by atoms with Gasteiger partial charge in [0.05, 0.1) is 5.02 Å². The van der Waals surface area contributed by atoms with E-state index in [-0.39, 0.29) is 12.6 Å². The van der Waals surface area contributed by atoms with Crippen LogP contribution in [-0.4, -0.2) is 21.5 Å². The van der Waals surface area contributed by atoms with Crippen LogP contribution in [0.4, 0.5) is 0 Å². The Morgan fingerprint density at radius 3 is 2.81 bits per heavy atom. The smallest absolute Gasteiger partial charge is 0.111 e. The molecule has 0 unspecified atom stereocenters. The summed E-state index contributed by atoms with van der Waals surface area (Å²) in [7, 11) is 0. The molecule has 1 heterocycles. The lowest BCUT2D eigenvalue weighted by Crippen LogP contribution is -2.08. The molecular formula is C12H15ClN2O. The normalized spacial score (nSPS) is 11.6. The van der Waals surface area contributed by atoms with Crippen LogP contribution >= 0.6 is 11.6 Å². The van der Waals surface area contributed by atoms with Crippen molar-refractivity contribution in [1.29, 1.82) is 0 Å². The molecule has 0 amide bonds. The van der Waals surface area contributed by atoms with E-state index in [0.717, 1.165) is 16.6 Å². The van der Waals surface area contributed by atoms with Gasteiger partial charge in [0.15, 0.2) is 0 Å². The molecule has 0 bridgehead atoms. The summed E-state index contributed by atoms with van der Waals surface area (Å²) < 4.78 is 1.94. The van der Waals surface area contributed by atoms with Gasteiger partial charge in [0, 0.05) is 30.1 Å². The Morgan fingerprint density at radius 2 is 2.19 bits per heavy atom. The Labute approximate surface area is 99.6 Å². The van der Waals surface area contributed by atoms with Crippen LogP contribution in [0.3, 0.4) is 0 Å². The molecule has 3 nitrogen and oxygen atoms in total. The molecule has 4 heteroatoms. The molecule has 0 aliphatic rings. The number of hydrogen-bond donors (Lipinski definition) is 1. The number of hydrogen-bond acceptors (Lipinski definition) is 2. The SMILES string of the molecule is CC(C)n1nc2c(Cl)cccc2c1CCO. The maximum Gasteiger partial charge on any atom is 0.111 e. The third kappa shape index (κ3) is 1.81. The van der Waals surface area contributed by atoms with Crippen molar-refractivity contribution in [2.45, 2.75) is 26.3 Å². The molecule has 0 radical (unpaired) electrons. The molecule has 0 spiro atoms. The van der Waals surface area contributed by atoms with Crippen molar-refractivity contribution in [2.24, 2.45) is 0 Å². The Kier molecular flexibility index (Phi) is 3.17. The summed E-state index contributed by atoms with van der Waals surface area (Å²) >= 11 is 6.11. The van der Waals surface area contributed by atoms with E-state index in [1.54, 1.807) is 0 Å². The van der Waals surface area contributed by atoms with Crippen molar-refractivity contribution in [3.05, 3.63) is 28.9 Å². The monoisotopic (exact) mass is 238 g/mol. The van der Waals surface area contributed by atoms with Gasteiger partial charge in [-0.25, -0.2) is 0 Å². The molecule has 0 saturated carbocycles. The van der Waals surface area contributed by atoms with E-state index in [1.165, 1.54) is 0 Å². The largest absolute Gasteiger partial charge is 0.396 e. The lowest BCUT2D eigenvalue weighted by molar-refractivity contribution is 0.294. The van der Waals surface area contributed by atoms with Crippen molar-refractivity contribution in [3.8, 4) is 0 Å². The first kappa shape index (κ1) is 11.4. The van der Waals surface area contributed by atoms with Crippen LogP contribution in [0, 0.1) is 0 Å². The minimum Gasteiger partial charge on any atom is -0.396 e. The molecular weight excluding hydrogens is 224 g/mol. The van der Waals surface area contributed by atoms with Crippen molar-refractivity contribution in [1.82, 2.24) is 9.78 Å². The Bertz CT molecular complexity index is 505. The maximum absolute atomic E-state index is 9.10. The number of aromatic nitrogens is 2. The summed E-state index contributed by atoms with van der Waals surface area (Å²) in [6, 6.07) is 6.02. The summed E-state index contributed by atoms with van der Waals surface area (Å²) in [4.78, 5) is 0. The van der Waals surface area contributed by atoms with Crippen molar-refractivity contribution in [3.63, 3.8) is 0 Å². The van der Waals surface area contributed by atoms with Crippen LogP contribution in [0.1, 0.15) is 25.6 Å². The summed E-state index contributed by atoms with van der Waals surface area (Å²) in [5.41, 5.74) is 1.87. The number of aliphatic hydroxyl groups is 1. The predicted octanol–water partition coefficient (Wildman–Crippen LogP) is 2.81. The van der Waals surface area contributed by atoms with E-state index in [9.17, 15) is 0 Å². The fourth-order valence-corrected chi connectivity index (χ4v) is 2.14. The molecule has 0 aliphatic heterocycles. The Balaban J connectivity index is 2.70. The van der Waals surface area contributed by atoms with Gasteiger partial charge in [-0.1, -0.05) is 23.7 Å². The third-order valence-electron chi connectivity index (χ3n) is 2.62. The van der Waals surface area contributed by atoms with E-state index in [2.05, 4.69) is 18.9 Å². The predicted molar refractivity (Wildman–Crippen MR) is 65.9 cm³/mol. The summed E-state index contributed by atoms with van der Waals surface area (Å²) in [6.45, 7) is 4.27. The molecule has 0 saturated heterocycles. The van der Waals surface area contributed by atoms with E-state index in [4.69, 9.17) is 16.7 Å². The van der Waals surface area contributed by atoms with Gasteiger partial charge in [0.25, 0.3) is 0 Å². The van der Waals surface area contributed by atoms with Gasteiger partial charge >= 0.3 is 0 Å². The summed E-state index contributed by atoms with van der Waals surface area (Å²) in [5.74, 6) is 0. The number of fused-ring (bicyclic) bond motifs is 1. The number of aliphatic hydroxyl groups excluding tert-OH is 1. The standard InChI is InChI=1S/C12H15ClN2O/c1-8(2)15-11(6-7-16)9-4-3-5-10(13)12(9)14-15/h3-5,8,16H,6-7H2,1-2H3. The zero-order valence-corrected chi connectivity index (χ0v) is 10.2. The molecule has 1 aromatic heterocycles. The molecule has 0 fully saturated rings. The van der Waals surface area contributed by atoms with E-state index >= 15 is 0 Å². The fourth-order valence-electron chi connectivity index (χ4n) is 1.92. The van der Waals surface area contributed by atoms with Gasteiger partial charge in [0.2, 0.25) is 0 Å². The van der Waals surface area contributed by atoms with Crippen LogP contribution in [0.2, 0.25) is 5.02 Å². The van der Waals surface area contributed by atoms with Crippen LogP contribution in [0.5, 0.6) is 0 Å². The van der Waals surface area contributed by atoms with Crippen molar-refractivity contribution in [2.75, 3.05) is 6.61 Å². The minimum atomic E-state index is 0.125. The molecule has 16 heavy (non-hydrogen) atoms. The first-order valence-electron chi connectivity index (χ1n) is 5.41. The first-order valence-corrected chi connectivity index (χ1v) is 5.79. The zero-order chi connectivity index (χ0) is 11.7. The lowest BCUT2D eigenvalue weighted by Gasteiger charge is -2.09. The topological polar surface area (TPSA) is 38.0 Å². The quantitative estimate of drug-likeness (QED) is 0.893. The number of benzene rings is 1. The second kappa shape index (κ2) is 4.44. The third-order valence-corrected chi connectivity index (χ3v) is 2.92. The molecule has 1 N–H and O–H groups in total. The summed E-state index contributed by atoms with van der Waals surface area (Å²) in [5, 5.41) is 15.3. The zero-order valence-electron chi connectivity index (χ0n) is 9.44. The highest BCUT2D eigenvalue weighted by molar-refractivity contribution is 6.35.